The van der Waals surface area contributed by atoms with Crippen molar-refractivity contribution in [2.24, 2.45) is 11.8 Å². The van der Waals surface area contributed by atoms with Crippen molar-refractivity contribution < 1.29 is 9.90 Å². The van der Waals surface area contributed by atoms with Crippen LogP contribution in [0, 0.1) is 11.8 Å². The van der Waals surface area contributed by atoms with Gasteiger partial charge in [-0.2, -0.15) is 0 Å². The molecule has 42 heavy (non-hydrogen) atoms. The molecule has 0 aromatic heterocycles. The average Bonchev–Trinajstić information content (AvgIpc) is 2.98. The van der Waals surface area contributed by atoms with E-state index in [9.17, 15) is 9.90 Å². The van der Waals surface area contributed by atoms with E-state index in [2.05, 4.69) is 20.8 Å². The summed E-state index contributed by atoms with van der Waals surface area (Å²) in [6.07, 6.45) is 45.7. The SMILES string of the molecule is CCCCCCCCCCCCCCCCCCC(CCC(=O)O)C(CCCCCC)CCCCCCCCCCC. The Kier molecular flexibility index (Phi) is 34.5. The predicted octanol–water partition coefficient (Wildman–Crippen LogP) is 14.6. The number of carboxylic acids is 1. The van der Waals surface area contributed by atoms with Gasteiger partial charge in [0.15, 0.2) is 0 Å². The van der Waals surface area contributed by atoms with Crippen LogP contribution in [0.4, 0.5) is 0 Å². The predicted molar refractivity (Wildman–Crippen MR) is 189 cm³/mol. The van der Waals surface area contributed by atoms with Gasteiger partial charge in [-0.05, 0) is 18.3 Å². The molecule has 0 radical (unpaired) electrons. The second-order valence-electron chi connectivity index (χ2n) is 14.0. The fraction of sp³-hybridized carbons (Fsp3) is 0.975. The standard InChI is InChI=1S/C40H80O2/c1-4-7-10-13-15-17-18-19-20-21-22-23-25-27-29-32-35-39(36-37-40(41)42)38(33-30-12-9-6-3)34-31-28-26-24-16-14-11-8-5-2/h38-39H,4-37H2,1-3H3,(H,41,42). The minimum Gasteiger partial charge on any atom is -0.481 e. The van der Waals surface area contributed by atoms with Crippen LogP contribution >= 0.6 is 0 Å². The monoisotopic (exact) mass is 593 g/mol. The third-order valence-corrected chi connectivity index (χ3v) is 9.93. The van der Waals surface area contributed by atoms with Gasteiger partial charge in [-0.3, -0.25) is 4.79 Å². The lowest BCUT2D eigenvalue weighted by Gasteiger charge is -2.27. The van der Waals surface area contributed by atoms with Gasteiger partial charge in [-0.1, -0.05) is 226 Å². The van der Waals surface area contributed by atoms with Crippen molar-refractivity contribution in [3.63, 3.8) is 0 Å². The highest BCUT2D eigenvalue weighted by atomic mass is 16.4. The molecular weight excluding hydrogens is 512 g/mol. The first kappa shape index (κ1) is 41.5. The first-order valence-electron chi connectivity index (χ1n) is 19.9. The van der Waals surface area contributed by atoms with Crippen molar-refractivity contribution in [1.82, 2.24) is 0 Å². The Balaban J connectivity index is 4.21. The minimum absolute atomic E-state index is 0.368. The molecule has 0 spiro atoms. The highest BCUT2D eigenvalue weighted by Crippen LogP contribution is 2.33. The van der Waals surface area contributed by atoms with Gasteiger partial charge in [0.2, 0.25) is 0 Å². The van der Waals surface area contributed by atoms with E-state index in [1.54, 1.807) is 0 Å². The fourth-order valence-corrected chi connectivity index (χ4v) is 7.05. The molecule has 0 amide bonds. The van der Waals surface area contributed by atoms with Gasteiger partial charge in [0.25, 0.3) is 0 Å². The number of aliphatic carboxylic acids is 1. The number of carboxylic acid groups (broad SMARTS) is 1. The zero-order valence-corrected chi connectivity index (χ0v) is 29.6. The summed E-state index contributed by atoms with van der Waals surface area (Å²) in [4.78, 5) is 11.5. The maximum Gasteiger partial charge on any atom is 0.303 e. The van der Waals surface area contributed by atoms with E-state index >= 15 is 0 Å². The van der Waals surface area contributed by atoms with E-state index in [0.29, 0.717) is 12.3 Å². The van der Waals surface area contributed by atoms with Crippen molar-refractivity contribution in [2.45, 2.75) is 239 Å². The van der Waals surface area contributed by atoms with E-state index in [0.717, 1.165) is 12.3 Å². The first-order valence-corrected chi connectivity index (χ1v) is 19.9. The maximum absolute atomic E-state index is 11.5. The first-order chi connectivity index (χ1) is 20.7. The smallest absolute Gasteiger partial charge is 0.303 e. The molecule has 2 atom stereocenters. The van der Waals surface area contributed by atoms with Crippen molar-refractivity contribution >= 4 is 5.97 Å². The third kappa shape index (κ3) is 30.9. The van der Waals surface area contributed by atoms with Crippen LogP contribution in [0.1, 0.15) is 239 Å². The number of rotatable bonds is 36. The molecule has 0 saturated carbocycles. The van der Waals surface area contributed by atoms with Crippen LogP contribution in [0.25, 0.3) is 0 Å². The molecule has 0 aromatic carbocycles. The average molecular weight is 593 g/mol. The van der Waals surface area contributed by atoms with Gasteiger partial charge in [0, 0.05) is 6.42 Å². The van der Waals surface area contributed by atoms with Gasteiger partial charge in [0.1, 0.15) is 0 Å². The van der Waals surface area contributed by atoms with E-state index in [4.69, 9.17) is 0 Å². The molecule has 0 saturated heterocycles. The molecule has 0 bridgehead atoms. The van der Waals surface area contributed by atoms with E-state index in [1.165, 1.54) is 205 Å². The summed E-state index contributed by atoms with van der Waals surface area (Å²) >= 11 is 0. The summed E-state index contributed by atoms with van der Waals surface area (Å²) in [6, 6.07) is 0. The van der Waals surface area contributed by atoms with Crippen LogP contribution in [-0.2, 0) is 4.79 Å². The Morgan fingerprint density at radius 1 is 0.357 bits per heavy atom. The van der Waals surface area contributed by atoms with Crippen molar-refractivity contribution in [2.75, 3.05) is 0 Å². The van der Waals surface area contributed by atoms with Crippen LogP contribution in [0.2, 0.25) is 0 Å². The molecular formula is C40H80O2. The van der Waals surface area contributed by atoms with E-state index in [-0.39, 0.29) is 0 Å². The maximum atomic E-state index is 11.5. The Morgan fingerprint density at radius 3 is 0.833 bits per heavy atom. The Hall–Kier alpha value is -0.530. The molecule has 0 aromatic rings. The number of unbranched alkanes of at least 4 members (excludes halogenated alkanes) is 26. The van der Waals surface area contributed by atoms with Crippen LogP contribution < -0.4 is 0 Å². The molecule has 0 aliphatic carbocycles. The molecule has 0 rings (SSSR count). The quantitative estimate of drug-likeness (QED) is 0.0735. The lowest BCUT2D eigenvalue weighted by molar-refractivity contribution is -0.137. The van der Waals surface area contributed by atoms with Gasteiger partial charge < -0.3 is 5.11 Å². The summed E-state index contributed by atoms with van der Waals surface area (Å²) < 4.78 is 0. The van der Waals surface area contributed by atoms with Gasteiger partial charge >= 0.3 is 5.97 Å². The molecule has 2 unspecified atom stereocenters. The molecule has 0 aliphatic heterocycles. The molecule has 2 nitrogen and oxygen atoms in total. The highest BCUT2D eigenvalue weighted by Gasteiger charge is 2.21. The van der Waals surface area contributed by atoms with E-state index < -0.39 is 5.97 Å². The fourth-order valence-electron chi connectivity index (χ4n) is 7.05. The van der Waals surface area contributed by atoms with Crippen LogP contribution in [0.5, 0.6) is 0 Å². The van der Waals surface area contributed by atoms with E-state index in [1.807, 2.05) is 0 Å². The van der Waals surface area contributed by atoms with Gasteiger partial charge in [0.05, 0.1) is 0 Å². The zero-order valence-electron chi connectivity index (χ0n) is 29.6. The third-order valence-electron chi connectivity index (χ3n) is 9.93. The van der Waals surface area contributed by atoms with Crippen LogP contribution in [0.15, 0.2) is 0 Å². The number of hydrogen-bond donors (Lipinski definition) is 1. The second-order valence-corrected chi connectivity index (χ2v) is 14.0. The Bertz CT molecular complexity index is 516. The number of carbonyl (C=O) groups is 1. The molecule has 0 fully saturated rings. The Labute approximate surface area is 266 Å². The lowest BCUT2D eigenvalue weighted by Crippen LogP contribution is -2.17. The summed E-state index contributed by atoms with van der Waals surface area (Å²) in [5, 5.41) is 9.45. The largest absolute Gasteiger partial charge is 0.481 e. The molecule has 0 aliphatic rings. The van der Waals surface area contributed by atoms with Gasteiger partial charge in [-0.15, -0.1) is 0 Å². The molecule has 1 N–H and O–H groups in total. The summed E-state index contributed by atoms with van der Waals surface area (Å²) in [6.45, 7) is 6.89. The number of hydrogen-bond acceptors (Lipinski definition) is 1. The summed E-state index contributed by atoms with van der Waals surface area (Å²) in [7, 11) is 0. The second kappa shape index (κ2) is 35.0. The lowest BCUT2D eigenvalue weighted by atomic mass is 9.78. The van der Waals surface area contributed by atoms with Crippen molar-refractivity contribution in [1.29, 1.82) is 0 Å². The van der Waals surface area contributed by atoms with Crippen molar-refractivity contribution in [3.05, 3.63) is 0 Å². The minimum atomic E-state index is -0.597. The topological polar surface area (TPSA) is 37.3 Å². The molecule has 2 heteroatoms. The zero-order chi connectivity index (χ0) is 30.8. The van der Waals surface area contributed by atoms with Crippen LogP contribution in [-0.4, -0.2) is 11.1 Å². The molecule has 252 valence electrons. The summed E-state index contributed by atoms with van der Waals surface area (Å²) in [5.74, 6) is 0.783. The summed E-state index contributed by atoms with van der Waals surface area (Å²) in [5.41, 5.74) is 0. The molecule has 0 heterocycles. The van der Waals surface area contributed by atoms with Crippen molar-refractivity contribution in [3.8, 4) is 0 Å². The Morgan fingerprint density at radius 2 is 0.571 bits per heavy atom. The highest BCUT2D eigenvalue weighted by molar-refractivity contribution is 5.66. The van der Waals surface area contributed by atoms with Crippen LogP contribution in [0.3, 0.4) is 0 Å². The van der Waals surface area contributed by atoms with Gasteiger partial charge in [-0.25, -0.2) is 0 Å². The normalized spacial score (nSPS) is 13.0.